The molecule has 0 bridgehead atoms. The normalized spacial score (nSPS) is 15.2. The van der Waals surface area contributed by atoms with Crippen LogP contribution in [-0.2, 0) is 0 Å². The molecule has 1 saturated carbocycles. The van der Waals surface area contributed by atoms with E-state index in [4.69, 9.17) is 11.6 Å². The van der Waals surface area contributed by atoms with Crippen molar-refractivity contribution in [3.63, 3.8) is 0 Å². The van der Waals surface area contributed by atoms with Crippen molar-refractivity contribution < 1.29 is 8.78 Å². The molecule has 112 valence electrons. The number of H-pyrrole nitrogens is 1. The Labute approximate surface area is 131 Å². The molecule has 1 fully saturated rings. The maximum absolute atomic E-state index is 14.1. The van der Waals surface area contributed by atoms with Crippen molar-refractivity contribution in [3.05, 3.63) is 58.6 Å². The van der Waals surface area contributed by atoms with Gasteiger partial charge in [0.05, 0.1) is 11.2 Å². The lowest BCUT2D eigenvalue weighted by Crippen LogP contribution is -2.09. The van der Waals surface area contributed by atoms with Gasteiger partial charge < -0.3 is 4.98 Å². The highest BCUT2D eigenvalue weighted by molar-refractivity contribution is 6.30. The van der Waals surface area contributed by atoms with Crippen molar-refractivity contribution in [3.8, 4) is 11.3 Å². The SMILES string of the molecule is Fc1cc(F)c2[nH]c(-c3ccc(Cl)cc3)c(C3CCC3)c2c1. The van der Waals surface area contributed by atoms with E-state index in [1.54, 1.807) is 0 Å². The van der Waals surface area contributed by atoms with Gasteiger partial charge in [0.25, 0.3) is 0 Å². The standard InChI is InChI=1S/C18H14ClF2N/c19-12-6-4-11(5-7-12)17-16(10-2-1-3-10)14-8-13(20)9-15(21)18(14)22-17/h4-10,22H,1-3H2. The number of rotatable bonds is 2. The molecule has 22 heavy (non-hydrogen) atoms. The smallest absolute Gasteiger partial charge is 0.150 e. The Morgan fingerprint density at radius 2 is 1.77 bits per heavy atom. The lowest BCUT2D eigenvalue weighted by molar-refractivity contribution is 0.423. The van der Waals surface area contributed by atoms with Gasteiger partial charge in [-0.15, -0.1) is 0 Å². The van der Waals surface area contributed by atoms with Gasteiger partial charge in [-0.05, 0) is 48.1 Å². The molecule has 0 unspecified atom stereocenters. The second-order valence-corrected chi connectivity index (χ2v) is 6.30. The molecule has 0 radical (unpaired) electrons. The van der Waals surface area contributed by atoms with E-state index >= 15 is 0 Å². The average Bonchev–Trinajstić information content (AvgIpc) is 2.78. The molecule has 4 heteroatoms. The first-order chi connectivity index (χ1) is 10.6. The summed E-state index contributed by atoms with van der Waals surface area (Å²) in [5.41, 5.74) is 3.23. The van der Waals surface area contributed by atoms with Crippen molar-refractivity contribution in [1.29, 1.82) is 0 Å². The molecular formula is C18H14ClF2N. The van der Waals surface area contributed by atoms with Crippen molar-refractivity contribution in [2.75, 3.05) is 0 Å². The largest absolute Gasteiger partial charge is 0.352 e. The van der Waals surface area contributed by atoms with Gasteiger partial charge in [0.2, 0.25) is 0 Å². The van der Waals surface area contributed by atoms with Gasteiger partial charge >= 0.3 is 0 Å². The third kappa shape index (κ3) is 2.12. The number of benzene rings is 2. The van der Waals surface area contributed by atoms with Crippen LogP contribution in [0.15, 0.2) is 36.4 Å². The van der Waals surface area contributed by atoms with E-state index in [-0.39, 0.29) is 0 Å². The summed E-state index contributed by atoms with van der Waals surface area (Å²) in [5.74, 6) is -0.719. The van der Waals surface area contributed by atoms with E-state index in [2.05, 4.69) is 4.98 Å². The van der Waals surface area contributed by atoms with Crippen molar-refractivity contribution in [1.82, 2.24) is 4.98 Å². The Bertz CT molecular complexity index is 848. The van der Waals surface area contributed by atoms with Gasteiger partial charge in [-0.1, -0.05) is 30.2 Å². The van der Waals surface area contributed by atoms with Crippen LogP contribution in [0.3, 0.4) is 0 Å². The Morgan fingerprint density at radius 1 is 1.05 bits per heavy atom. The van der Waals surface area contributed by atoms with E-state index in [1.165, 1.54) is 6.07 Å². The first kappa shape index (κ1) is 13.8. The molecule has 1 aliphatic carbocycles. The summed E-state index contributed by atoms with van der Waals surface area (Å²) < 4.78 is 27.8. The number of aromatic amines is 1. The number of fused-ring (bicyclic) bond motifs is 1. The molecular weight excluding hydrogens is 304 g/mol. The van der Waals surface area contributed by atoms with Crippen molar-refractivity contribution in [2.45, 2.75) is 25.2 Å². The van der Waals surface area contributed by atoms with Crippen LogP contribution in [0, 0.1) is 11.6 Å². The first-order valence-electron chi connectivity index (χ1n) is 7.40. The molecule has 0 spiro atoms. The van der Waals surface area contributed by atoms with Crippen LogP contribution in [0.5, 0.6) is 0 Å². The van der Waals surface area contributed by atoms with Crippen LogP contribution in [0.25, 0.3) is 22.2 Å². The summed E-state index contributed by atoms with van der Waals surface area (Å²) in [6.07, 6.45) is 3.28. The third-order valence-electron chi connectivity index (χ3n) is 4.51. The van der Waals surface area contributed by atoms with E-state index in [1.807, 2.05) is 24.3 Å². The van der Waals surface area contributed by atoms with Crippen LogP contribution < -0.4 is 0 Å². The number of aromatic nitrogens is 1. The molecule has 4 rings (SSSR count). The van der Waals surface area contributed by atoms with Crippen LogP contribution in [0.4, 0.5) is 8.78 Å². The van der Waals surface area contributed by atoms with Gasteiger partial charge in [-0.2, -0.15) is 0 Å². The minimum atomic E-state index is -0.546. The Hall–Kier alpha value is -1.87. The molecule has 0 aliphatic heterocycles. The highest BCUT2D eigenvalue weighted by Crippen LogP contribution is 2.45. The average molecular weight is 318 g/mol. The number of hydrogen-bond acceptors (Lipinski definition) is 0. The van der Waals surface area contributed by atoms with Gasteiger partial charge in [0.15, 0.2) is 0 Å². The maximum Gasteiger partial charge on any atom is 0.150 e. The van der Waals surface area contributed by atoms with Crippen LogP contribution in [-0.4, -0.2) is 4.98 Å². The summed E-state index contributed by atoms with van der Waals surface area (Å²) in [6, 6.07) is 9.79. The zero-order valence-electron chi connectivity index (χ0n) is 11.8. The van der Waals surface area contributed by atoms with Crippen LogP contribution >= 0.6 is 11.6 Å². The van der Waals surface area contributed by atoms with E-state index < -0.39 is 11.6 Å². The molecule has 1 heterocycles. The minimum Gasteiger partial charge on any atom is -0.352 e. The fourth-order valence-electron chi connectivity index (χ4n) is 3.21. The lowest BCUT2D eigenvalue weighted by atomic mass is 9.78. The van der Waals surface area contributed by atoms with Crippen molar-refractivity contribution >= 4 is 22.5 Å². The molecule has 0 amide bonds. The van der Waals surface area contributed by atoms with Crippen molar-refractivity contribution in [2.24, 2.45) is 0 Å². The Morgan fingerprint density at radius 3 is 2.41 bits per heavy atom. The molecule has 1 N–H and O–H groups in total. The molecule has 1 nitrogen and oxygen atoms in total. The van der Waals surface area contributed by atoms with E-state index in [0.29, 0.717) is 21.8 Å². The summed E-state index contributed by atoms with van der Waals surface area (Å²) in [7, 11) is 0. The number of halogens is 3. The summed E-state index contributed by atoms with van der Waals surface area (Å²) in [4.78, 5) is 3.16. The first-order valence-corrected chi connectivity index (χ1v) is 7.78. The van der Waals surface area contributed by atoms with Gasteiger partial charge in [0.1, 0.15) is 11.6 Å². The third-order valence-corrected chi connectivity index (χ3v) is 4.76. The fourth-order valence-corrected chi connectivity index (χ4v) is 3.33. The fraction of sp³-hybridized carbons (Fsp3) is 0.222. The molecule has 0 atom stereocenters. The predicted octanol–water partition coefficient (Wildman–Crippen LogP) is 6.03. The van der Waals surface area contributed by atoms with E-state index in [9.17, 15) is 8.78 Å². The molecule has 1 aliphatic rings. The highest BCUT2D eigenvalue weighted by Gasteiger charge is 2.27. The summed E-state index contributed by atoms with van der Waals surface area (Å²) in [6.45, 7) is 0. The van der Waals surface area contributed by atoms with Crippen LogP contribution in [0.2, 0.25) is 5.02 Å². The predicted molar refractivity (Wildman–Crippen MR) is 85.3 cm³/mol. The maximum atomic E-state index is 14.1. The molecule has 1 aromatic heterocycles. The van der Waals surface area contributed by atoms with Gasteiger partial charge in [-0.25, -0.2) is 8.78 Å². The van der Waals surface area contributed by atoms with Gasteiger partial charge in [0, 0.05) is 16.5 Å². The topological polar surface area (TPSA) is 15.8 Å². The second-order valence-electron chi connectivity index (χ2n) is 5.86. The lowest BCUT2D eigenvalue weighted by Gasteiger charge is -2.26. The summed E-state index contributed by atoms with van der Waals surface area (Å²) in [5, 5.41) is 1.31. The zero-order chi connectivity index (χ0) is 15.3. The zero-order valence-corrected chi connectivity index (χ0v) is 12.6. The monoisotopic (exact) mass is 317 g/mol. The Balaban J connectivity index is 2.00. The van der Waals surface area contributed by atoms with Gasteiger partial charge in [-0.3, -0.25) is 0 Å². The minimum absolute atomic E-state index is 0.362. The van der Waals surface area contributed by atoms with Crippen LogP contribution in [0.1, 0.15) is 30.7 Å². The molecule has 2 aromatic carbocycles. The molecule has 0 saturated heterocycles. The second kappa shape index (κ2) is 5.10. The Kier molecular flexibility index (Phi) is 3.19. The summed E-state index contributed by atoms with van der Waals surface area (Å²) >= 11 is 5.94. The number of hydrogen-bond donors (Lipinski definition) is 1. The molecule has 3 aromatic rings. The van der Waals surface area contributed by atoms with E-state index in [0.717, 1.165) is 42.1 Å². The quantitative estimate of drug-likeness (QED) is 0.593. The number of nitrogens with one attached hydrogen (secondary N) is 1. The highest BCUT2D eigenvalue weighted by atomic mass is 35.5.